The van der Waals surface area contributed by atoms with E-state index in [2.05, 4.69) is 10.6 Å². The van der Waals surface area contributed by atoms with Crippen LogP contribution in [0.15, 0.2) is 23.1 Å². The van der Waals surface area contributed by atoms with Crippen molar-refractivity contribution in [1.82, 2.24) is 9.62 Å². The smallest absolute Gasteiger partial charge is 0.242 e. The number of sulfonamides is 1. The summed E-state index contributed by atoms with van der Waals surface area (Å²) in [4.78, 5) is 12.4. The van der Waals surface area contributed by atoms with E-state index in [0.29, 0.717) is 17.7 Å². The molecule has 1 aliphatic rings. The van der Waals surface area contributed by atoms with E-state index in [-0.39, 0.29) is 16.8 Å². The molecule has 1 fully saturated rings. The molecule has 1 saturated heterocycles. The van der Waals surface area contributed by atoms with Gasteiger partial charge in [-0.1, -0.05) is 6.07 Å². The summed E-state index contributed by atoms with van der Waals surface area (Å²) in [7, 11) is -0.542. The number of carbonyl (C=O) groups excluding carboxylic acids is 1. The van der Waals surface area contributed by atoms with E-state index in [4.69, 9.17) is 0 Å². The van der Waals surface area contributed by atoms with Crippen molar-refractivity contribution in [2.45, 2.75) is 24.3 Å². The fraction of sp³-hybridized carbons (Fsp3) is 0.533. The minimum atomic E-state index is -3.53. The molecule has 1 aromatic rings. The third-order valence-corrected chi connectivity index (χ3v) is 6.75. The van der Waals surface area contributed by atoms with Crippen LogP contribution in [0, 0.1) is 6.92 Å². The van der Waals surface area contributed by atoms with Crippen LogP contribution < -0.4 is 10.6 Å². The first-order valence-corrected chi connectivity index (χ1v) is 10.0. The van der Waals surface area contributed by atoms with E-state index >= 15 is 0 Å². The zero-order valence-electron chi connectivity index (χ0n) is 13.6. The molecule has 0 aliphatic carbocycles. The summed E-state index contributed by atoms with van der Waals surface area (Å²) in [6.45, 7) is 2.66. The predicted octanol–water partition coefficient (Wildman–Crippen LogP) is 1.28. The van der Waals surface area contributed by atoms with Gasteiger partial charge < -0.3 is 10.6 Å². The lowest BCUT2D eigenvalue weighted by Gasteiger charge is -2.22. The zero-order valence-corrected chi connectivity index (χ0v) is 15.3. The third-order valence-electron chi connectivity index (χ3n) is 3.66. The lowest BCUT2D eigenvalue weighted by atomic mass is 10.2. The Morgan fingerprint density at radius 1 is 1.43 bits per heavy atom. The molecule has 1 atom stereocenters. The number of hydrogen-bond acceptors (Lipinski definition) is 5. The number of nitrogens with zero attached hydrogens (tertiary/aromatic N) is 1. The molecule has 1 aliphatic heterocycles. The quantitative estimate of drug-likeness (QED) is 0.830. The van der Waals surface area contributed by atoms with Gasteiger partial charge in [0, 0.05) is 50.3 Å². The molecule has 1 amide bonds. The lowest BCUT2D eigenvalue weighted by molar-refractivity contribution is -0.116. The van der Waals surface area contributed by atoms with E-state index in [1.165, 1.54) is 24.5 Å². The van der Waals surface area contributed by atoms with Gasteiger partial charge in [0.15, 0.2) is 0 Å². The maximum atomic E-state index is 12.3. The average Bonchev–Trinajstić information content (AvgIpc) is 2.49. The topological polar surface area (TPSA) is 78.5 Å². The first kappa shape index (κ1) is 18.3. The van der Waals surface area contributed by atoms with Crippen LogP contribution in [-0.2, 0) is 14.8 Å². The molecule has 0 saturated carbocycles. The SMILES string of the molecule is Cc1ccc(NC(=O)CC2CSCCN2)cc1S(=O)(=O)N(C)C. The number of benzene rings is 1. The highest BCUT2D eigenvalue weighted by Crippen LogP contribution is 2.22. The van der Waals surface area contributed by atoms with Gasteiger partial charge in [-0.15, -0.1) is 0 Å². The van der Waals surface area contributed by atoms with E-state index in [1.54, 1.807) is 19.1 Å². The summed E-state index contributed by atoms with van der Waals surface area (Å²) in [5.41, 5.74) is 1.16. The Morgan fingerprint density at radius 2 is 2.17 bits per heavy atom. The number of nitrogens with one attached hydrogen (secondary N) is 2. The number of carbonyl (C=O) groups is 1. The third kappa shape index (κ3) is 4.69. The monoisotopic (exact) mass is 357 g/mol. The second kappa shape index (κ2) is 7.65. The number of amides is 1. The van der Waals surface area contributed by atoms with Gasteiger partial charge in [-0.25, -0.2) is 12.7 Å². The molecular weight excluding hydrogens is 334 g/mol. The summed E-state index contributed by atoms with van der Waals surface area (Å²) < 4.78 is 25.8. The Bertz CT molecular complexity index is 669. The van der Waals surface area contributed by atoms with Crippen LogP contribution in [-0.4, -0.2) is 56.8 Å². The van der Waals surface area contributed by atoms with Crippen LogP contribution in [0.25, 0.3) is 0 Å². The number of anilines is 1. The maximum Gasteiger partial charge on any atom is 0.242 e. The van der Waals surface area contributed by atoms with Crippen LogP contribution in [0.5, 0.6) is 0 Å². The second-order valence-electron chi connectivity index (χ2n) is 5.75. The highest BCUT2D eigenvalue weighted by atomic mass is 32.2. The summed E-state index contributed by atoms with van der Waals surface area (Å²) in [5.74, 6) is 1.88. The van der Waals surface area contributed by atoms with Gasteiger partial charge in [0.25, 0.3) is 0 Å². The highest BCUT2D eigenvalue weighted by molar-refractivity contribution is 7.99. The average molecular weight is 358 g/mol. The molecule has 0 spiro atoms. The molecule has 1 heterocycles. The lowest BCUT2D eigenvalue weighted by Crippen LogP contribution is -2.39. The summed E-state index contributed by atoms with van der Waals surface area (Å²) in [6.07, 6.45) is 0.386. The van der Waals surface area contributed by atoms with Gasteiger partial charge in [-0.3, -0.25) is 4.79 Å². The van der Waals surface area contributed by atoms with Crippen molar-refractivity contribution in [2.75, 3.05) is 37.5 Å². The Balaban J connectivity index is 2.10. The zero-order chi connectivity index (χ0) is 17.0. The van der Waals surface area contributed by atoms with E-state index in [1.807, 2.05) is 11.8 Å². The van der Waals surface area contributed by atoms with Crippen molar-refractivity contribution in [2.24, 2.45) is 0 Å². The molecule has 2 rings (SSSR count). The molecule has 0 bridgehead atoms. The maximum absolute atomic E-state index is 12.3. The van der Waals surface area contributed by atoms with Crippen LogP contribution in [0.4, 0.5) is 5.69 Å². The van der Waals surface area contributed by atoms with Crippen molar-refractivity contribution >= 4 is 33.4 Å². The first-order valence-electron chi connectivity index (χ1n) is 7.45. The Hall–Kier alpha value is -1.09. The number of hydrogen-bond donors (Lipinski definition) is 2. The summed E-state index contributed by atoms with van der Waals surface area (Å²) >= 11 is 1.83. The van der Waals surface area contributed by atoms with Crippen LogP contribution in [0.3, 0.4) is 0 Å². The fourth-order valence-electron chi connectivity index (χ4n) is 2.34. The normalized spacial score (nSPS) is 18.9. The number of aryl methyl sites for hydroxylation is 1. The first-order chi connectivity index (χ1) is 10.8. The van der Waals surface area contributed by atoms with Crippen LogP contribution in [0.1, 0.15) is 12.0 Å². The van der Waals surface area contributed by atoms with Crippen LogP contribution in [0.2, 0.25) is 0 Å². The van der Waals surface area contributed by atoms with Crippen molar-refractivity contribution in [3.05, 3.63) is 23.8 Å². The largest absolute Gasteiger partial charge is 0.326 e. The molecule has 23 heavy (non-hydrogen) atoms. The van der Waals surface area contributed by atoms with Crippen molar-refractivity contribution in [3.63, 3.8) is 0 Å². The predicted molar refractivity (Wildman–Crippen MR) is 94.4 cm³/mol. The highest BCUT2D eigenvalue weighted by Gasteiger charge is 2.21. The van der Waals surface area contributed by atoms with Gasteiger partial charge in [-0.2, -0.15) is 11.8 Å². The number of thioether (sulfide) groups is 1. The van der Waals surface area contributed by atoms with Gasteiger partial charge >= 0.3 is 0 Å². The Morgan fingerprint density at radius 3 is 2.78 bits per heavy atom. The Kier molecular flexibility index (Phi) is 6.07. The molecule has 0 radical (unpaired) electrons. The summed E-state index contributed by atoms with van der Waals surface area (Å²) in [5, 5.41) is 6.11. The van der Waals surface area contributed by atoms with Gasteiger partial charge in [0.2, 0.25) is 15.9 Å². The van der Waals surface area contributed by atoms with Crippen molar-refractivity contribution in [1.29, 1.82) is 0 Å². The van der Waals surface area contributed by atoms with E-state index < -0.39 is 10.0 Å². The molecule has 0 aromatic heterocycles. The van der Waals surface area contributed by atoms with Gasteiger partial charge in [0.1, 0.15) is 0 Å². The standard InChI is InChI=1S/C15H23N3O3S2/c1-11-4-5-12(8-14(11)23(20,21)18(2)3)17-15(19)9-13-10-22-7-6-16-13/h4-5,8,13,16H,6-7,9-10H2,1-3H3,(H,17,19). The molecule has 128 valence electrons. The van der Waals surface area contributed by atoms with Gasteiger partial charge in [-0.05, 0) is 24.6 Å². The fourth-order valence-corrected chi connectivity index (χ4v) is 4.43. The number of rotatable bonds is 5. The molecular formula is C15H23N3O3S2. The molecule has 2 N–H and O–H groups in total. The van der Waals surface area contributed by atoms with Crippen molar-refractivity contribution < 1.29 is 13.2 Å². The molecule has 6 nitrogen and oxygen atoms in total. The molecule has 1 unspecified atom stereocenters. The van der Waals surface area contributed by atoms with E-state index in [9.17, 15) is 13.2 Å². The Labute approximate surface area is 142 Å². The molecule has 1 aromatic carbocycles. The van der Waals surface area contributed by atoms with Crippen molar-refractivity contribution in [3.8, 4) is 0 Å². The second-order valence-corrected chi connectivity index (χ2v) is 9.02. The minimum absolute atomic E-state index is 0.109. The van der Waals surface area contributed by atoms with Gasteiger partial charge in [0.05, 0.1) is 4.90 Å². The van der Waals surface area contributed by atoms with E-state index in [0.717, 1.165) is 18.1 Å². The molecule has 8 heteroatoms. The van der Waals surface area contributed by atoms with Crippen LogP contribution >= 0.6 is 11.8 Å². The summed E-state index contributed by atoms with van der Waals surface area (Å²) in [6, 6.07) is 5.13. The minimum Gasteiger partial charge on any atom is -0.326 e.